The summed E-state index contributed by atoms with van der Waals surface area (Å²) < 4.78 is 28.1. The first kappa shape index (κ1) is 22.1. The van der Waals surface area contributed by atoms with Gasteiger partial charge < -0.3 is 15.5 Å². The number of anilines is 2. The molecular weight excluding hydrogens is 434 g/mol. The first-order valence-corrected chi connectivity index (χ1v) is 13.1. The molecule has 0 bridgehead atoms. The Balaban J connectivity index is 1.16. The summed E-state index contributed by atoms with van der Waals surface area (Å²) in [6, 6.07) is 15.0. The number of nitrogens with two attached hydrogens (primary N) is 1. The molecule has 8 heteroatoms. The molecule has 5 rings (SSSR count). The summed E-state index contributed by atoms with van der Waals surface area (Å²) in [5.41, 5.74) is 7.93. The molecule has 0 spiro atoms. The monoisotopic (exact) mass is 465 g/mol. The minimum absolute atomic E-state index is 0.345. The Morgan fingerprint density at radius 2 is 1.64 bits per heavy atom. The lowest BCUT2D eigenvalue weighted by Gasteiger charge is -2.39. The van der Waals surface area contributed by atoms with Crippen LogP contribution in [-0.4, -0.2) is 68.4 Å². The quantitative estimate of drug-likeness (QED) is 0.583. The molecule has 0 aliphatic carbocycles. The number of fused-ring (bicyclic) bond motifs is 1. The molecule has 3 heterocycles. The van der Waals surface area contributed by atoms with Crippen LogP contribution >= 0.6 is 0 Å². The molecule has 0 atom stereocenters. The Morgan fingerprint density at radius 1 is 0.909 bits per heavy atom. The Bertz CT molecular complexity index is 1200. The van der Waals surface area contributed by atoms with E-state index in [0.29, 0.717) is 29.6 Å². The number of piperidine rings is 1. The highest BCUT2D eigenvalue weighted by Crippen LogP contribution is 2.27. The highest BCUT2D eigenvalue weighted by molar-refractivity contribution is 7.89. The molecule has 2 aliphatic heterocycles. The fourth-order valence-electron chi connectivity index (χ4n) is 5.04. The molecule has 0 radical (unpaired) electrons. The molecule has 174 valence electrons. The van der Waals surface area contributed by atoms with Gasteiger partial charge in [-0.3, -0.25) is 4.98 Å². The van der Waals surface area contributed by atoms with Gasteiger partial charge in [0.25, 0.3) is 0 Å². The van der Waals surface area contributed by atoms with E-state index >= 15 is 0 Å². The second kappa shape index (κ2) is 9.29. The lowest BCUT2D eigenvalue weighted by atomic mass is 9.95. The lowest BCUT2D eigenvalue weighted by Crippen LogP contribution is -2.50. The molecule has 2 saturated heterocycles. The van der Waals surface area contributed by atoms with Gasteiger partial charge in [-0.15, -0.1) is 0 Å². The van der Waals surface area contributed by atoms with Crippen LogP contribution in [0.15, 0.2) is 65.8 Å². The molecule has 0 saturated carbocycles. The number of nitrogens with zero attached hydrogens (tertiary/aromatic N) is 4. The van der Waals surface area contributed by atoms with Gasteiger partial charge in [-0.05, 0) is 54.5 Å². The van der Waals surface area contributed by atoms with E-state index in [1.807, 2.05) is 36.7 Å². The van der Waals surface area contributed by atoms with Crippen molar-refractivity contribution in [1.29, 1.82) is 0 Å². The molecule has 2 fully saturated rings. The largest absolute Gasteiger partial charge is 0.398 e. The van der Waals surface area contributed by atoms with Crippen molar-refractivity contribution in [2.24, 2.45) is 5.92 Å². The number of pyridine rings is 1. The standard InChI is InChI=1S/C25H31N5O2S/c26-25-3-1-2-21-18-23(4-5-24(21)25)33(31,32)30-16-14-28(15-17-30)19-20-8-12-29(13-9-20)22-6-10-27-11-7-22/h1-7,10-11,18,20H,8-9,12-17,19,26H2. The number of hydrogen-bond donors (Lipinski definition) is 1. The van der Waals surface area contributed by atoms with Gasteiger partial charge in [0.2, 0.25) is 10.0 Å². The summed E-state index contributed by atoms with van der Waals surface area (Å²) in [4.78, 5) is 9.31. The molecule has 0 amide bonds. The highest BCUT2D eigenvalue weighted by atomic mass is 32.2. The third-order valence-electron chi connectivity index (χ3n) is 7.01. The molecule has 33 heavy (non-hydrogen) atoms. The van der Waals surface area contributed by atoms with Gasteiger partial charge in [0.15, 0.2) is 0 Å². The van der Waals surface area contributed by atoms with E-state index in [1.165, 1.54) is 18.5 Å². The smallest absolute Gasteiger partial charge is 0.243 e. The maximum absolute atomic E-state index is 13.2. The van der Waals surface area contributed by atoms with Crippen molar-refractivity contribution in [3.05, 3.63) is 60.9 Å². The zero-order chi connectivity index (χ0) is 22.8. The number of piperazine rings is 1. The molecule has 2 aromatic carbocycles. The summed E-state index contributed by atoms with van der Waals surface area (Å²) in [7, 11) is -3.51. The van der Waals surface area contributed by atoms with Gasteiger partial charge in [-0.2, -0.15) is 4.31 Å². The number of benzene rings is 2. The van der Waals surface area contributed by atoms with Crippen molar-refractivity contribution >= 4 is 32.2 Å². The van der Waals surface area contributed by atoms with Crippen LogP contribution in [0, 0.1) is 5.92 Å². The van der Waals surface area contributed by atoms with E-state index in [4.69, 9.17) is 5.73 Å². The maximum atomic E-state index is 13.2. The van der Waals surface area contributed by atoms with Gasteiger partial charge in [-0.25, -0.2) is 8.42 Å². The van der Waals surface area contributed by atoms with Crippen LogP contribution in [0.5, 0.6) is 0 Å². The fourth-order valence-corrected chi connectivity index (χ4v) is 6.50. The van der Waals surface area contributed by atoms with Crippen molar-refractivity contribution in [3.63, 3.8) is 0 Å². The zero-order valence-corrected chi connectivity index (χ0v) is 19.6. The number of sulfonamides is 1. The number of nitrogen functional groups attached to an aromatic ring is 1. The van der Waals surface area contributed by atoms with Crippen LogP contribution in [0.2, 0.25) is 0 Å². The Labute approximate surface area is 195 Å². The molecule has 1 aromatic heterocycles. The highest BCUT2D eigenvalue weighted by Gasteiger charge is 2.30. The van der Waals surface area contributed by atoms with Gasteiger partial charge in [-0.1, -0.05) is 18.2 Å². The Morgan fingerprint density at radius 3 is 2.36 bits per heavy atom. The summed E-state index contributed by atoms with van der Waals surface area (Å²) in [6.07, 6.45) is 6.03. The van der Waals surface area contributed by atoms with Crippen LogP contribution in [0.1, 0.15) is 12.8 Å². The first-order chi connectivity index (χ1) is 16.0. The minimum atomic E-state index is -3.51. The Kier molecular flexibility index (Phi) is 6.23. The second-order valence-electron chi connectivity index (χ2n) is 9.07. The molecule has 3 aromatic rings. The molecular formula is C25H31N5O2S. The van der Waals surface area contributed by atoms with E-state index in [2.05, 4.69) is 26.9 Å². The molecule has 2 aliphatic rings. The number of rotatable bonds is 5. The van der Waals surface area contributed by atoms with Gasteiger partial charge in [0.1, 0.15) is 0 Å². The van der Waals surface area contributed by atoms with E-state index in [9.17, 15) is 8.42 Å². The van der Waals surface area contributed by atoms with Crippen molar-refractivity contribution in [1.82, 2.24) is 14.2 Å². The number of hydrogen-bond acceptors (Lipinski definition) is 6. The maximum Gasteiger partial charge on any atom is 0.243 e. The third-order valence-corrected chi connectivity index (χ3v) is 8.91. The van der Waals surface area contributed by atoms with Crippen LogP contribution in [-0.2, 0) is 10.0 Å². The third kappa shape index (κ3) is 4.69. The van der Waals surface area contributed by atoms with Crippen LogP contribution < -0.4 is 10.6 Å². The molecule has 0 unspecified atom stereocenters. The zero-order valence-electron chi connectivity index (χ0n) is 18.8. The lowest BCUT2D eigenvalue weighted by molar-refractivity contribution is 0.155. The van der Waals surface area contributed by atoms with Crippen molar-refractivity contribution in [2.45, 2.75) is 17.7 Å². The number of aromatic nitrogens is 1. The van der Waals surface area contributed by atoms with Gasteiger partial charge in [0, 0.05) is 75.0 Å². The topological polar surface area (TPSA) is 82.8 Å². The van der Waals surface area contributed by atoms with Crippen LogP contribution in [0.25, 0.3) is 10.8 Å². The average Bonchev–Trinajstić information content (AvgIpc) is 2.85. The normalized spacial score (nSPS) is 19.2. The van der Waals surface area contributed by atoms with Crippen molar-refractivity contribution < 1.29 is 8.42 Å². The average molecular weight is 466 g/mol. The van der Waals surface area contributed by atoms with Crippen LogP contribution in [0.3, 0.4) is 0 Å². The molecule has 7 nitrogen and oxygen atoms in total. The predicted octanol–water partition coefficient (Wildman–Crippen LogP) is 3.04. The minimum Gasteiger partial charge on any atom is -0.398 e. The van der Waals surface area contributed by atoms with E-state index < -0.39 is 10.0 Å². The van der Waals surface area contributed by atoms with E-state index in [-0.39, 0.29) is 0 Å². The SMILES string of the molecule is Nc1cccc2cc(S(=O)(=O)N3CCN(CC4CCN(c5ccncc5)CC4)CC3)ccc12. The van der Waals surface area contributed by atoms with Crippen LogP contribution in [0.4, 0.5) is 11.4 Å². The van der Waals surface area contributed by atoms with Gasteiger partial charge >= 0.3 is 0 Å². The van der Waals surface area contributed by atoms with Crippen molar-refractivity contribution in [3.8, 4) is 0 Å². The fraction of sp³-hybridized carbons (Fsp3) is 0.400. The second-order valence-corrected chi connectivity index (χ2v) is 11.0. The summed E-state index contributed by atoms with van der Waals surface area (Å²) in [5, 5.41) is 1.74. The van der Waals surface area contributed by atoms with E-state index in [0.717, 1.165) is 43.5 Å². The first-order valence-electron chi connectivity index (χ1n) is 11.7. The Hall–Kier alpha value is -2.68. The van der Waals surface area contributed by atoms with Crippen molar-refractivity contribution in [2.75, 3.05) is 56.4 Å². The molecule has 2 N–H and O–H groups in total. The predicted molar refractivity (Wildman–Crippen MR) is 133 cm³/mol. The van der Waals surface area contributed by atoms with Gasteiger partial charge in [0.05, 0.1) is 4.90 Å². The summed E-state index contributed by atoms with van der Waals surface area (Å²) in [6.45, 7) is 5.81. The summed E-state index contributed by atoms with van der Waals surface area (Å²) in [5.74, 6) is 0.664. The van der Waals surface area contributed by atoms with E-state index in [1.54, 1.807) is 16.4 Å². The summed E-state index contributed by atoms with van der Waals surface area (Å²) >= 11 is 0.